The fourth-order valence-electron chi connectivity index (χ4n) is 3.25. The van der Waals surface area contributed by atoms with Gasteiger partial charge in [-0.1, -0.05) is 0 Å². The zero-order valence-corrected chi connectivity index (χ0v) is 11.8. The minimum atomic E-state index is 0.210. The van der Waals surface area contributed by atoms with Gasteiger partial charge in [-0.15, -0.1) is 0 Å². The second-order valence-electron chi connectivity index (χ2n) is 6.06. The minimum absolute atomic E-state index is 0.210. The van der Waals surface area contributed by atoms with Crippen molar-refractivity contribution in [3.8, 4) is 0 Å². The van der Waals surface area contributed by atoms with Crippen LogP contribution in [0.15, 0.2) is 0 Å². The first-order valence-electron chi connectivity index (χ1n) is 7.37. The van der Waals surface area contributed by atoms with E-state index in [9.17, 15) is 4.79 Å². The number of fused-ring (bicyclic) bond motifs is 1. The molecule has 0 aromatic heterocycles. The van der Waals surface area contributed by atoms with Gasteiger partial charge in [0.1, 0.15) is 0 Å². The molecule has 2 saturated heterocycles. The van der Waals surface area contributed by atoms with E-state index in [0.29, 0.717) is 24.4 Å². The lowest BCUT2D eigenvalue weighted by Crippen LogP contribution is -2.56. The van der Waals surface area contributed by atoms with Crippen molar-refractivity contribution in [2.75, 3.05) is 19.6 Å². The molecule has 0 spiro atoms. The lowest BCUT2D eigenvalue weighted by Gasteiger charge is -2.42. The Kier molecular flexibility index (Phi) is 4.62. The molecule has 4 heteroatoms. The van der Waals surface area contributed by atoms with Gasteiger partial charge in [0.05, 0.1) is 0 Å². The van der Waals surface area contributed by atoms with Crippen LogP contribution in [0, 0.1) is 0 Å². The van der Waals surface area contributed by atoms with Crippen LogP contribution in [0.1, 0.15) is 46.0 Å². The number of hydrogen-bond acceptors (Lipinski definition) is 3. The molecule has 3 unspecified atom stereocenters. The second kappa shape index (κ2) is 6.02. The summed E-state index contributed by atoms with van der Waals surface area (Å²) < 4.78 is 0. The number of rotatable bonds is 4. The van der Waals surface area contributed by atoms with Gasteiger partial charge >= 0.3 is 0 Å². The van der Waals surface area contributed by atoms with Crippen LogP contribution in [0.4, 0.5) is 0 Å². The van der Waals surface area contributed by atoms with Crippen LogP contribution in [0.25, 0.3) is 0 Å². The van der Waals surface area contributed by atoms with E-state index in [1.807, 2.05) is 6.92 Å². The topological polar surface area (TPSA) is 49.6 Å². The van der Waals surface area contributed by atoms with E-state index in [0.717, 1.165) is 25.9 Å². The van der Waals surface area contributed by atoms with Crippen LogP contribution in [-0.2, 0) is 4.79 Å². The molecule has 0 radical (unpaired) electrons. The van der Waals surface area contributed by atoms with Crippen LogP contribution in [0.3, 0.4) is 0 Å². The van der Waals surface area contributed by atoms with E-state index in [4.69, 9.17) is 5.73 Å². The molecule has 18 heavy (non-hydrogen) atoms. The van der Waals surface area contributed by atoms with Crippen molar-refractivity contribution in [2.24, 2.45) is 5.73 Å². The van der Waals surface area contributed by atoms with Crippen molar-refractivity contribution in [1.82, 2.24) is 9.80 Å². The Labute approximate surface area is 110 Å². The summed E-state index contributed by atoms with van der Waals surface area (Å²) in [6.45, 7) is 7.41. The molecule has 3 atom stereocenters. The van der Waals surface area contributed by atoms with Crippen LogP contribution in [0.5, 0.6) is 0 Å². The Morgan fingerprint density at radius 1 is 1.44 bits per heavy atom. The van der Waals surface area contributed by atoms with Crippen LogP contribution in [0.2, 0.25) is 0 Å². The van der Waals surface area contributed by atoms with Crippen molar-refractivity contribution in [3.05, 3.63) is 0 Å². The van der Waals surface area contributed by atoms with Gasteiger partial charge < -0.3 is 10.6 Å². The van der Waals surface area contributed by atoms with Gasteiger partial charge in [-0.3, -0.25) is 9.69 Å². The molecule has 4 nitrogen and oxygen atoms in total. The van der Waals surface area contributed by atoms with Crippen LogP contribution >= 0.6 is 0 Å². The third kappa shape index (κ3) is 3.23. The van der Waals surface area contributed by atoms with E-state index in [1.54, 1.807) is 0 Å². The predicted molar refractivity (Wildman–Crippen MR) is 73.3 cm³/mol. The molecule has 0 aromatic rings. The first-order chi connectivity index (χ1) is 8.58. The summed E-state index contributed by atoms with van der Waals surface area (Å²) in [5, 5.41) is 0. The Hall–Kier alpha value is -0.610. The quantitative estimate of drug-likeness (QED) is 0.819. The Morgan fingerprint density at radius 3 is 2.94 bits per heavy atom. The third-order valence-electron chi connectivity index (χ3n) is 4.31. The molecule has 0 bridgehead atoms. The Bertz CT molecular complexity index is 293. The van der Waals surface area contributed by atoms with Crippen molar-refractivity contribution >= 4 is 5.91 Å². The van der Waals surface area contributed by atoms with E-state index < -0.39 is 0 Å². The number of hydrogen-bond donors (Lipinski definition) is 1. The first kappa shape index (κ1) is 13.8. The molecule has 2 heterocycles. The van der Waals surface area contributed by atoms with Crippen molar-refractivity contribution in [2.45, 2.75) is 64.1 Å². The van der Waals surface area contributed by atoms with Gasteiger partial charge in [0.25, 0.3) is 0 Å². The highest BCUT2D eigenvalue weighted by Crippen LogP contribution is 2.25. The summed E-state index contributed by atoms with van der Waals surface area (Å²) in [5.41, 5.74) is 5.72. The normalized spacial score (nSPS) is 30.3. The fraction of sp³-hybridized carbons (Fsp3) is 0.929. The SMILES string of the molecule is CC(N)CCCC(=O)N1CC2CCCN2CC1C. The highest BCUT2D eigenvalue weighted by atomic mass is 16.2. The number of carbonyl (C=O) groups is 1. The lowest BCUT2D eigenvalue weighted by molar-refractivity contribution is -0.136. The zero-order chi connectivity index (χ0) is 13.1. The molecule has 0 saturated carbocycles. The predicted octanol–water partition coefficient (Wildman–Crippen LogP) is 1.20. The second-order valence-corrected chi connectivity index (χ2v) is 6.06. The monoisotopic (exact) mass is 253 g/mol. The number of piperazine rings is 1. The van der Waals surface area contributed by atoms with E-state index >= 15 is 0 Å². The summed E-state index contributed by atoms with van der Waals surface area (Å²) in [6, 6.07) is 1.21. The molecule has 1 amide bonds. The minimum Gasteiger partial charge on any atom is -0.337 e. The average Bonchev–Trinajstić information content (AvgIpc) is 2.74. The Balaban J connectivity index is 1.82. The maximum absolute atomic E-state index is 12.2. The van der Waals surface area contributed by atoms with Gasteiger partial charge in [0.2, 0.25) is 5.91 Å². The maximum Gasteiger partial charge on any atom is 0.222 e. The van der Waals surface area contributed by atoms with E-state index in [2.05, 4.69) is 16.7 Å². The Morgan fingerprint density at radius 2 is 2.22 bits per heavy atom. The summed E-state index contributed by atoms with van der Waals surface area (Å²) >= 11 is 0. The molecular formula is C14H27N3O. The molecule has 2 N–H and O–H groups in total. The smallest absolute Gasteiger partial charge is 0.222 e. The van der Waals surface area contributed by atoms with E-state index in [-0.39, 0.29) is 6.04 Å². The van der Waals surface area contributed by atoms with Crippen LogP contribution < -0.4 is 5.73 Å². The summed E-state index contributed by atoms with van der Waals surface area (Å²) in [5.74, 6) is 0.328. The maximum atomic E-state index is 12.2. The van der Waals surface area contributed by atoms with Gasteiger partial charge in [-0.25, -0.2) is 0 Å². The molecule has 2 aliphatic heterocycles. The number of nitrogens with zero attached hydrogens (tertiary/aromatic N) is 2. The van der Waals surface area contributed by atoms with Gasteiger partial charge in [-0.05, 0) is 46.1 Å². The fourth-order valence-corrected chi connectivity index (χ4v) is 3.25. The average molecular weight is 253 g/mol. The lowest BCUT2D eigenvalue weighted by atomic mass is 10.1. The van der Waals surface area contributed by atoms with Crippen molar-refractivity contribution < 1.29 is 4.79 Å². The first-order valence-corrected chi connectivity index (χ1v) is 7.37. The van der Waals surface area contributed by atoms with Crippen LogP contribution in [-0.4, -0.2) is 53.5 Å². The molecule has 2 fully saturated rings. The zero-order valence-electron chi connectivity index (χ0n) is 11.8. The molecule has 0 aromatic carbocycles. The van der Waals surface area contributed by atoms with Crippen molar-refractivity contribution in [3.63, 3.8) is 0 Å². The molecule has 0 aliphatic carbocycles. The number of carbonyl (C=O) groups excluding carboxylic acids is 1. The molecule has 2 aliphatic rings. The number of nitrogens with two attached hydrogens (primary N) is 1. The van der Waals surface area contributed by atoms with E-state index in [1.165, 1.54) is 19.4 Å². The highest BCUT2D eigenvalue weighted by Gasteiger charge is 2.35. The molecule has 104 valence electrons. The van der Waals surface area contributed by atoms with Gasteiger partial charge in [0.15, 0.2) is 0 Å². The third-order valence-corrected chi connectivity index (χ3v) is 4.31. The summed E-state index contributed by atoms with van der Waals surface area (Å²) in [6.07, 6.45) is 5.09. The van der Waals surface area contributed by atoms with Gasteiger partial charge in [-0.2, -0.15) is 0 Å². The standard InChI is InChI=1S/C14H27N3O/c1-11(15)5-3-7-14(18)17-10-13-6-4-8-16(13)9-12(17)2/h11-13H,3-10,15H2,1-2H3. The number of amides is 1. The largest absolute Gasteiger partial charge is 0.337 e. The summed E-state index contributed by atoms with van der Waals surface area (Å²) in [4.78, 5) is 16.9. The van der Waals surface area contributed by atoms with Crippen molar-refractivity contribution in [1.29, 1.82) is 0 Å². The van der Waals surface area contributed by atoms with Gasteiger partial charge in [0, 0.05) is 37.6 Å². The highest BCUT2D eigenvalue weighted by molar-refractivity contribution is 5.76. The summed E-state index contributed by atoms with van der Waals surface area (Å²) in [7, 11) is 0. The molecular weight excluding hydrogens is 226 g/mol. The molecule has 2 rings (SSSR count).